The number of carbonyl (C=O) groups excluding carboxylic acids is 1. The van der Waals surface area contributed by atoms with E-state index >= 15 is 0 Å². The van der Waals surface area contributed by atoms with Crippen LogP contribution in [0.3, 0.4) is 0 Å². The van der Waals surface area contributed by atoms with Crippen molar-refractivity contribution in [3.05, 3.63) is 24.3 Å². The number of rotatable bonds is 4. The summed E-state index contributed by atoms with van der Waals surface area (Å²) in [4.78, 5) is 11.4. The van der Waals surface area contributed by atoms with Gasteiger partial charge in [0, 0.05) is 5.69 Å². The average Bonchev–Trinajstić information content (AvgIpc) is 2.30. The Kier molecular flexibility index (Phi) is 5.57. The fourth-order valence-electron chi connectivity index (χ4n) is 1.13. The minimum Gasteiger partial charge on any atom is -0.491 e. The predicted octanol–water partition coefficient (Wildman–Crippen LogP) is 4.17. The molecule has 1 N–H and O–H groups in total. The molecule has 100 valence electrons. The zero-order valence-electron chi connectivity index (χ0n) is 10.0. The van der Waals surface area contributed by atoms with Crippen molar-refractivity contribution in [3.63, 3.8) is 0 Å². The number of hydrogen-bond donors (Lipinski definition) is 1. The molecule has 0 saturated heterocycles. The van der Waals surface area contributed by atoms with Gasteiger partial charge >= 0.3 is 0 Å². The van der Waals surface area contributed by atoms with Gasteiger partial charge in [-0.1, -0.05) is 41.7 Å². The highest BCUT2D eigenvalue weighted by Crippen LogP contribution is 2.28. The van der Waals surface area contributed by atoms with Crippen molar-refractivity contribution in [2.24, 2.45) is 0 Å². The Morgan fingerprint density at radius 1 is 1.33 bits per heavy atom. The summed E-state index contributed by atoms with van der Waals surface area (Å²) in [5.41, 5.74) is 0.544. The molecule has 0 fully saturated rings. The molecule has 6 heteroatoms. The third-order valence-corrected chi connectivity index (χ3v) is 2.80. The Labute approximate surface area is 121 Å². The summed E-state index contributed by atoms with van der Waals surface area (Å²) in [7, 11) is 0. The molecule has 18 heavy (non-hydrogen) atoms. The second-order valence-corrected chi connectivity index (χ2v) is 6.09. The number of hydrogen-bond acceptors (Lipinski definition) is 2. The molecule has 0 radical (unpaired) electrons. The Bertz CT molecular complexity index is 401. The molecule has 1 rings (SSSR count). The fourth-order valence-corrected chi connectivity index (χ4v) is 1.28. The minimum atomic E-state index is -1.97. The number of benzene rings is 1. The molecule has 1 aromatic rings. The van der Waals surface area contributed by atoms with Crippen LogP contribution in [0.15, 0.2) is 24.3 Å². The zero-order chi connectivity index (χ0) is 13.8. The number of alkyl halides is 3. The first-order chi connectivity index (χ1) is 8.32. The first kappa shape index (κ1) is 15.4. The molecular formula is C12H14Cl3NO2. The summed E-state index contributed by atoms with van der Waals surface area (Å²) in [6, 6.07) is 6.87. The van der Waals surface area contributed by atoms with Gasteiger partial charge in [-0.2, -0.15) is 0 Å². The van der Waals surface area contributed by atoms with Crippen molar-refractivity contribution in [3.8, 4) is 5.75 Å². The maximum Gasteiger partial charge on any atom is 0.276 e. The van der Waals surface area contributed by atoms with Crippen LogP contribution < -0.4 is 10.1 Å². The second-order valence-electron chi connectivity index (χ2n) is 3.81. The number of carbonyl (C=O) groups is 1. The summed E-state index contributed by atoms with van der Waals surface area (Å²) in [5, 5.41) is 2.49. The first-order valence-electron chi connectivity index (χ1n) is 5.47. The van der Waals surface area contributed by atoms with E-state index < -0.39 is 9.70 Å². The quantitative estimate of drug-likeness (QED) is 0.848. The molecule has 0 heterocycles. The van der Waals surface area contributed by atoms with Crippen molar-refractivity contribution >= 4 is 46.4 Å². The van der Waals surface area contributed by atoms with Gasteiger partial charge in [0.25, 0.3) is 9.70 Å². The van der Waals surface area contributed by atoms with Crippen molar-refractivity contribution in [1.82, 2.24) is 0 Å². The van der Waals surface area contributed by atoms with Crippen LogP contribution in [0, 0.1) is 0 Å². The minimum absolute atomic E-state index is 0.145. The van der Waals surface area contributed by atoms with Gasteiger partial charge in [-0.3, -0.25) is 4.79 Å². The molecule has 3 nitrogen and oxygen atoms in total. The van der Waals surface area contributed by atoms with Crippen molar-refractivity contribution in [1.29, 1.82) is 0 Å². The average molecular weight is 311 g/mol. The SMILES string of the molecule is CC[C@H](C)Oc1ccc(NC(=O)C(Cl)(Cl)Cl)cc1. The van der Waals surface area contributed by atoms with Gasteiger partial charge in [-0.15, -0.1) is 0 Å². The zero-order valence-corrected chi connectivity index (χ0v) is 12.3. The maximum atomic E-state index is 11.4. The smallest absolute Gasteiger partial charge is 0.276 e. The van der Waals surface area contributed by atoms with Crippen LogP contribution >= 0.6 is 34.8 Å². The maximum absolute atomic E-state index is 11.4. The summed E-state index contributed by atoms with van der Waals surface area (Å²) >= 11 is 16.3. The van der Waals surface area contributed by atoms with Crippen molar-refractivity contribution < 1.29 is 9.53 Å². The lowest BCUT2D eigenvalue weighted by Gasteiger charge is -2.14. The van der Waals surface area contributed by atoms with E-state index in [4.69, 9.17) is 39.5 Å². The molecular weight excluding hydrogens is 296 g/mol. The van der Waals surface area contributed by atoms with Crippen molar-refractivity contribution in [2.45, 2.75) is 30.2 Å². The number of anilines is 1. The van der Waals surface area contributed by atoms with Gasteiger partial charge in [0.05, 0.1) is 6.10 Å². The van der Waals surface area contributed by atoms with E-state index in [0.29, 0.717) is 5.69 Å². The van der Waals surface area contributed by atoms with Crippen LogP contribution in [0.1, 0.15) is 20.3 Å². The predicted molar refractivity (Wildman–Crippen MR) is 75.7 cm³/mol. The van der Waals surface area contributed by atoms with Crippen LogP contribution in [0.25, 0.3) is 0 Å². The Morgan fingerprint density at radius 2 is 1.89 bits per heavy atom. The molecule has 0 spiro atoms. The first-order valence-corrected chi connectivity index (χ1v) is 6.61. The van der Waals surface area contributed by atoms with Gasteiger partial charge in [-0.25, -0.2) is 0 Å². The lowest BCUT2D eigenvalue weighted by atomic mass is 10.3. The summed E-state index contributed by atoms with van der Waals surface area (Å²) < 4.78 is 3.63. The van der Waals surface area contributed by atoms with E-state index in [1.165, 1.54) is 0 Å². The Balaban J connectivity index is 2.63. The molecule has 0 aliphatic carbocycles. The highest BCUT2D eigenvalue weighted by molar-refractivity contribution is 6.76. The summed E-state index contributed by atoms with van der Waals surface area (Å²) in [6.45, 7) is 4.03. The highest BCUT2D eigenvalue weighted by Gasteiger charge is 2.30. The summed E-state index contributed by atoms with van der Waals surface area (Å²) in [6.07, 6.45) is 1.07. The number of nitrogens with one attached hydrogen (secondary N) is 1. The molecule has 1 aromatic carbocycles. The molecule has 0 bridgehead atoms. The summed E-state index contributed by atoms with van der Waals surface area (Å²) in [5.74, 6) is 0.0410. The van der Waals surface area contributed by atoms with Gasteiger partial charge < -0.3 is 10.1 Å². The standard InChI is InChI=1S/C12H14Cl3NO2/c1-3-8(2)18-10-6-4-9(5-7-10)16-11(17)12(13,14)15/h4-8H,3H2,1-2H3,(H,16,17)/t8-/m0/s1. The van der Waals surface area contributed by atoms with Gasteiger partial charge in [0.1, 0.15) is 5.75 Å². The molecule has 0 unspecified atom stereocenters. The van der Waals surface area contributed by atoms with Crippen LogP contribution in [0.5, 0.6) is 5.75 Å². The molecule has 0 aliphatic rings. The normalized spacial score (nSPS) is 12.9. The fraction of sp³-hybridized carbons (Fsp3) is 0.417. The topological polar surface area (TPSA) is 38.3 Å². The Morgan fingerprint density at radius 3 is 2.33 bits per heavy atom. The lowest BCUT2D eigenvalue weighted by molar-refractivity contribution is -0.115. The third kappa shape index (κ3) is 4.92. The number of ether oxygens (including phenoxy) is 1. The molecule has 1 atom stereocenters. The van der Waals surface area contributed by atoms with E-state index in [1.54, 1.807) is 24.3 Å². The van der Waals surface area contributed by atoms with Gasteiger partial charge in [0.15, 0.2) is 0 Å². The van der Waals surface area contributed by atoms with Gasteiger partial charge in [-0.05, 0) is 37.6 Å². The largest absolute Gasteiger partial charge is 0.491 e. The van der Waals surface area contributed by atoms with Crippen LogP contribution in [-0.2, 0) is 4.79 Å². The van der Waals surface area contributed by atoms with Gasteiger partial charge in [0.2, 0.25) is 0 Å². The molecule has 0 aromatic heterocycles. The number of amides is 1. The Hall–Kier alpha value is -0.640. The van der Waals surface area contributed by atoms with E-state index in [-0.39, 0.29) is 6.10 Å². The van der Waals surface area contributed by atoms with E-state index in [9.17, 15) is 4.79 Å². The number of halogens is 3. The molecule has 1 amide bonds. The van der Waals surface area contributed by atoms with E-state index in [2.05, 4.69) is 5.32 Å². The van der Waals surface area contributed by atoms with Crippen LogP contribution in [0.2, 0.25) is 0 Å². The third-order valence-electron chi connectivity index (χ3n) is 2.28. The van der Waals surface area contributed by atoms with E-state index in [1.807, 2.05) is 13.8 Å². The molecule has 0 aliphatic heterocycles. The highest BCUT2D eigenvalue weighted by atomic mass is 35.6. The lowest BCUT2D eigenvalue weighted by Crippen LogP contribution is -2.26. The van der Waals surface area contributed by atoms with Crippen LogP contribution in [0.4, 0.5) is 5.69 Å². The van der Waals surface area contributed by atoms with Crippen molar-refractivity contribution in [2.75, 3.05) is 5.32 Å². The monoisotopic (exact) mass is 309 g/mol. The molecule has 0 saturated carbocycles. The second kappa shape index (κ2) is 6.50. The van der Waals surface area contributed by atoms with Crippen LogP contribution in [-0.4, -0.2) is 15.8 Å². The van der Waals surface area contributed by atoms with E-state index in [0.717, 1.165) is 12.2 Å².